The quantitative estimate of drug-likeness (QED) is 0.0128. The normalized spacial score (nSPS) is 11.2. The number of nitrogen functional groups attached to an aromatic ring is 2. The van der Waals surface area contributed by atoms with E-state index in [0.29, 0.717) is 31.0 Å². The number of anilines is 2. The van der Waals surface area contributed by atoms with Gasteiger partial charge in [-0.15, -0.1) is 17.4 Å². The van der Waals surface area contributed by atoms with Gasteiger partial charge in [0.15, 0.2) is 11.7 Å². The molecule has 2 aromatic carbocycles. The van der Waals surface area contributed by atoms with Crippen LogP contribution in [0.25, 0.3) is 22.6 Å². The number of hydrogen-bond donors (Lipinski definition) is 4. The van der Waals surface area contributed by atoms with E-state index in [2.05, 4.69) is 46.5 Å². The number of rotatable bonds is 22. The summed E-state index contributed by atoms with van der Waals surface area (Å²) in [6.07, 6.45) is 24.9. The standard InChI is InChI=1S/C23H30N6O.C15H23N3O2.C12H14N4O/c1-18(15-19-9-4-2-5-10-19)22(30)13-8-14-29-17-21(27-28-29)12-7-3-6-11-20-16-25-23(24)26-20;1-5-6-7-8-9-10-12-11-18(13(16)17-12)14(19)20-15(2,3)4;1-10(9-11-5-3-2-4-6-11)12(17)14-7-8-15-16-13/h2,4-5,9-10,15-17H,3,6-8,11-14H2,1H3,(H3,24,25,26);1,11H,6-10H2,2-4H3,(H2,16,17);2-6,9H,7-8H2,1H3,(H,14,17)/b18-15+;;10-9+. The largest absolute Gasteiger partial charge is 0.443 e. The van der Waals surface area contributed by atoms with E-state index in [9.17, 15) is 14.4 Å². The zero-order valence-electron chi connectivity index (χ0n) is 39.7. The number of azide groups is 1. The van der Waals surface area contributed by atoms with E-state index in [-0.39, 0.29) is 24.2 Å². The van der Waals surface area contributed by atoms with E-state index < -0.39 is 11.7 Å². The van der Waals surface area contributed by atoms with E-state index in [0.717, 1.165) is 104 Å². The molecule has 0 aliphatic rings. The lowest BCUT2D eigenvalue weighted by atomic mass is 10.1. The topological polar surface area (TPSA) is 250 Å². The predicted octanol–water partition coefficient (Wildman–Crippen LogP) is 9.49. The van der Waals surface area contributed by atoms with Crippen molar-refractivity contribution in [2.45, 2.75) is 124 Å². The highest BCUT2D eigenvalue weighted by atomic mass is 16.6. The summed E-state index contributed by atoms with van der Waals surface area (Å²) in [5, 5.41) is 14.4. The Kier molecular flexibility index (Phi) is 24.0. The Bertz CT molecular complexity index is 2410. The third-order valence-electron chi connectivity index (χ3n) is 9.76. The van der Waals surface area contributed by atoms with Crippen LogP contribution < -0.4 is 16.8 Å². The second kappa shape index (κ2) is 29.9. The van der Waals surface area contributed by atoms with Crippen molar-refractivity contribution in [3.8, 4) is 12.3 Å². The second-order valence-corrected chi connectivity index (χ2v) is 16.7. The van der Waals surface area contributed by atoms with Crippen LogP contribution in [0.4, 0.5) is 16.7 Å². The van der Waals surface area contributed by atoms with Crippen molar-refractivity contribution in [2.24, 2.45) is 5.11 Å². The summed E-state index contributed by atoms with van der Waals surface area (Å²) in [6, 6.07) is 19.5. The lowest BCUT2D eigenvalue weighted by Crippen LogP contribution is -2.27. The van der Waals surface area contributed by atoms with E-state index in [4.69, 9.17) is 28.2 Å². The first-order valence-electron chi connectivity index (χ1n) is 22.6. The summed E-state index contributed by atoms with van der Waals surface area (Å²) < 4.78 is 8.35. The fourth-order valence-electron chi connectivity index (χ4n) is 6.34. The van der Waals surface area contributed by atoms with Gasteiger partial charge in [0.25, 0.3) is 0 Å². The Balaban J connectivity index is 0.000000281. The number of carbonyl (C=O) groups excluding carboxylic acids is 3. The molecule has 0 saturated carbocycles. The average molecular weight is 914 g/mol. The number of benzene rings is 2. The van der Waals surface area contributed by atoms with Gasteiger partial charge in [-0.05, 0) is 120 Å². The molecule has 5 rings (SSSR count). The van der Waals surface area contributed by atoms with E-state index in [1.165, 1.54) is 4.57 Å². The Morgan fingerprint density at radius 2 is 1.51 bits per heavy atom. The third kappa shape index (κ3) is 22.8. The van der Waals surface area contributed by atoms with Crippen LogP contribution in [0.3, 0.4) is 0 Å². The van der Waals surface area contributed by atoms with Crippen molar-refractivity contribution < 1.29 is 19.1 Å². The van der Waals surface area contributed by atoms with Crippen molar-refractivity contribution >= 4 is 41.8 Å². The summed E-state index contributed by atoms with van der Waals surface area (Å²) in [4.78, 5) is 49.7. The summed E-state index contributed by atoms with van der Waals surface area (Å²) in [5.41, 5.74) is 25.2. The molecule has 0 radical (unpaired) electrons. The molecule has 3 heterocycles. The minimum Gasteiger partial charge on any atom is -0.443 e. The zero-order chi connectivity index (χ0) is 48.9. The molecule has 5 aromatic rings. The highest BCUT2D eigenvalue weighted by Crippen LogP contribution is 2.15. The number of amides is 1. The highest BCUT2D eigenvalue weighted by molar-refractivity contribution is 5.99. The molecule has 356 valence electrons. The maximum Gasteiger partial charge on any atom is 0.421 e. The number of imidazole rings is 2. The van der Waals surface area contributed by atoms with Crippen LogP contribution in [0.15, 0.2) is 95.5 Å². The first kappa shape index (κ1) is 53.9. The zero-order valence-corrected chi connectivity index (χ0v) is 39.7. The van der Waals surface area contributed by atoms with Crippen molar-refractivity contribution in [1.29, 1.82) is 0 Å². The number of H-pyrrole nitrogens is 1. The van der Waals surface area contributed by atoms with Crippen molar-refractivity contribution in [3.63, 3.8) is 0 Å². The lowest BCUT2D eigenvalue weighted by Gasteiger charge is -2.19. The number of aromatic amines is 1. The molecule has 0 spiro atoms. The average Bonchev–Trinajstić information content (AvgIpc) is 4.04. The number of terminal acetylenes is 1. The summed E-state index contributed by atoms with van der Waals surface area (Å²) in [5.74, 6) is 3.29. The Labute approximate surface area is 394 Å². The summed E-state index contributed by atoms with van der Waals surface area (Å²) in [6.45, 7) is 10.4. The molecule has 6 N–H and O–H groups in total. The predicted molar refractivity (Wildman–Crippen MR) is 265 cm³/mol. The van der Waals surface area contributed by atoms with Crippen LogP contribution >= 0.6 is 0 Å². The Morgan fingerprint density at radius 3 is 2.12 bits per heavy atom. The van der Waals surface area contributed by atoms with Crippen molar-refractivity contribution in [3.05, 3.63) is 129 Å². The van der Waals surface area contributed by atoms with Crippen LogP contribution in [0.1, 0.15) is 121 Å². The second-order valence-electron chi connectivity index (χ2n) is 16.7. The first-order valence-corrected chi connectivity index (χ1v) is 22.6. The van der Waals surface area contributed by atoms with Crippen LogP contribution in [0, 0.1) is 12.3 Å². The minimum atomic E-state index is -0.552. The number of ketones is 1. The lowest BCUT2D eigenvalue weighted by molar-refractivity contribution is -0.117. The fourth-order valence-corrected chi connectivity index (χ4v) is 6.34. The van der Waals surface area contributed by atoms with Gasteiger partial charge in [0, 0.05) is 61.0 Å². The molecule has 0 aliphatic heterocycles. The fraction of sp³-hybridized carbons (Fsp3) is 0.420. The highest BCUT2D eigenvalue weighted by Gasteiger charge is 2.20. The molecule has 0 unspecified atom stereocenters. The number of nitrogens with one attached hydrogen (secondary N) is 2. The molecule has 3 aromatic heterocycles. The number of hydrogen-bond acceptors (Lipinski definition) is 11. The minimum absolute atomic E-state index is 0.151. The summed E-state index contributed by atoms with van der Waals surface area (Å²) >= 11 is 0. The molecule has 0 atom stereocenters. The SMILES string of the molecule is C#CCCCCCc1cn(C(=O)OC(C)(C)C)c(N)n1.C/C(=C\c1ccccc1)C(=O)CCCn1cc(CCCCCc2cnc(N)[nH]2)nn1.C/C(=C\c1ccccc1)C(=O)NCCN=[N+]=[N-]. The molecule has 17 heteroatoms. The number of allylic oxidation sites excluding steroid dienone is 1. The van der Waals surface area contributed by atoms with Gasteiger partial charge < -0.3 is 26.5 Å². The molecule has 0 saturated heterocycles. The molecule has 17 nitrogen and oxygen atoms in total. The first-order chi connectivity index (χ1) is 32.2. The number of Topliss-reactive ketones (excluding diaryl/α,β-unsaturated/α-hetero) is 1. The smallest absolute Gasteiger partial charge is 0.421 e. The van der Waals surface area contributed by atoms with Gasteiger partial charge in [-0.25, -0.2) is 19.3 Å². The van der Waals surface area contributed by atoms with E-state index >= 15 is 0 Å². The molecule has 0 bridgehead atoms. The molecular weight excluding hydrogens is 847 g/mol. The number of ether oxygens (including phenoxy) is 1. The molecular formula is C50H67N13O4. The van der Waals surface area contributed by atoms with E-state index in [1.807, 2.05) is 111 Å². The third-order valence-corrected chi connectivity index (χ3v) is 9.76. The molecule has 0 aliphatic carbocycles. The Morgan fingerprint density at radius 1 is 0.881 bits per heavy atom. The molecule has 1 amide bonds. The van der Waals surface area contributed by atoms with Crippen LogP contribution in [0.2, 0.25) is 0 Å². The van der Waals surface area contributed by atoms with Crippen LogP contribution in [-0.2, 0) is 40.1 Å². The van der Waals surface area contributed by atoms with Gasteiger partial charge in [-0.3, -0.25) is 14.3 Å². The number of unbranched alkanes of at least 4 members (excludes halogenated alkanes) is 5. The number of aryl methyl sites for hydroxylation is 4. The number of carbonyl (C=O) groups is 3. The van der Waals surface area contributed by atoms with Gasteiger partial charge >= 0.3 is 6.09 Å². The van der Waals surface area contributed by atoms with Gasteiger partial charge in [0.05, 0.1) is 17.6 Å². The van der Waals surface area contributed by atoms with Gasteiger partial charge in [-0.2, -0.15) is 0 Å². The monoisotopic (exact) mass is 914 g/mol. The number of nitrogens with zero attached hydrogens (tertiary/aromatic N) is 9. The Hall–Kier alpha value is -7.44. The van der Waals surface area contributed by atoms with Crippen molar-refractivity contribution in [2.75, 3.05) is 24.6 Å². The van der Waals surface area contributed by atoms with Gasteiger partial charge in [-0.1, -0.05) is 83.8 Å². The van der Waals surface area contributed by atoms with Gasteiger partial charge in [0.2, 0.25) is 11.9 Å². The van der Waals surface area contributed by atoms with Crippen molar-refractivity contribution in [1.82, 2.24) is 39.8 Å². The van der Waals surface area contributed by atoms with Gasteiger partial charge in [0.1, 0.15) is 5.60 Å². The van der Waals surface area contributed by atoms with Crippen LogP contribution in [-0.4, -0.2) is 71.0 Å². The van der Waals surface area contributed by atoms with Crippen LogP contribution in [0.5, 0.6) is 0 Å². The maximum atomic E-state index is 12.3. The number of nitrogens with two attached hydrogens (primary N) is 2. The van der Waals surface area contributed by atoms with E-state index in [1.54, 1.807) is 19.3 Å². The summed E-state index contributed by atoms with van der Waals surface area (Å²) in [7, 11) is 0. The maximum absolute atomic E-state index is 12.3. The molecule has 0 fully saturated rings. The molecule has 67 heavy (non-hydrogen) atoms. The number of aromatic nitrogens is 7.